The summed E-state index contributed by atoms with van der Waals surface area (Å²) < 4.78 is 11.4. The molecule has 3 aromatic rings. The summed E-state index contributed by atoms with van der Waals surface area (Å²) in [6.45, 7) is 6.19. The Labute approximate surface area is 171 Å². The first kappa shape index (κ1) is 20.6. The average molecular weight is 390 g/mol. The van der Waals surface area contributed by atoms with Crippen LogP contribution in [-0.2, 0) is 18.0 Å². The van der Waals surface area contributed by atoms with Crippen LogP contribution >= 0.6 is 0 Å². The Balaban J connectivity index is 1.76. The molecule has 0 bridgehead atoms. The number of carbonyl (C=O) groups excluding carboxylic acids is 1. The summed E-state index contributed by atoms with van der Waals surface area (Å²) in [7, 11) is 0. The standard InChI is InChI=1S/C25H26O4/c1-17-11-24(28-15-19(3)27)12-18(2)25(17)22-6-4-5-21(13-22)16-29-23-9-7-20(14-26)8-10-23/h4-13,26H,14-16H2,1-3H3. The van der Waals surface area contributed by atoms with Crippen molar-refractivity contribution in [1.82, 2.24) is 0 Å². The fraction of sp³-hybridized carbons (Fsp3) is 0.240. The zero-order valence-electron chi connectivity index (χ0n) is 17.1. The van der Waals surface area contributed by atoms with E-state index in [2.05, 4.69) is 26.0 Å². The number of hydrogen-bond donors (Lipinski definition) is 1. The van der Waals surface area contributed by atoms with Crippen molar-refractivity contribution in [2.75, 3.05) is 6.61 Å². The molecule has 0 spiro atoms. The van der Waals surface area contributed by atoms with E-state index in [4.69, 9.17) is 14.6 Å². The van der Waals surface area contributed by atoms with Crippen LogP contribution in [0.4, 0.5) is 0 Å². The van der Waals surface area contributed by atoms with Crippen LogP contribution < -0.4 is 9.47 Å². The number of aryl methyl sites for hydroxylation is 2. The van der Waals surface area contributed by atoms with E-state index in [0.717, 1.165) is 39.1 Å². The number of benzene rings is 3. The Morgan fingerprint density at radius 2 is 1.55 bits per heavy atom. The number of Topliss-reactive ketones (excluding diaryl/α,β-unsaturated/α-hetero) is 1. The van der Waals surface area contributed by atoms with Gasteiger partial charge in [0.25, 0.3) is 0 Å². The first-order chi connectivity index (χ1) is 14.0. The van der Waals surface area contributed by atoms with E-state index in [-0.39, 0.29) is 19.0 Å². The predicted octanol–water partition coefficient (Wildman–Crippen LogP) is 5.01. The van der Waals surface area contributed by atoms with E-state index < -0.39 is 0 Å². The summed E-state index contributed by atoms with van der Waals surface area (Å²) in [6, 6.07) is 19.7. The number of hydrogen-bond acceptors (Lipinski definition) is 4. The number of aliphatic hydroxyl groups is 1. The second kappa shape index (κ2) is 9.39. The molecule has 1 N–H and O–H groups in total. The maximum Gasteiger partial charge on any atom is 0.167 e. The molecular formula is C25H26O4. The molecule has 0 fully saturated rings. The number of aliphatic hydroxyl groups excluding tert-OH is 1. The van der Waals surface area contributed by atoms with Gasteiger partial charge in [-0.05, 0) is 84.5 Å². The fourth-order valence-corrected chi connectivity index (χ4v) is 3.32. The van der Waals surface area contributed by atoms with Crippen LogP contribution in [0.1, 0.15) is 29.2 Å². The minimum atomic E-state index is 0.00286. The van der Waals surface area contributed by atoms with Gasteiger partial charge in [0.2, 0.25) is 0 Å². The van der Waals surface area contributed by atoms with Crippen LogP contribution in [-0.4, -0.2) is 17.5 Å². The number of ether oxygens (including phenoxy) is 2. The van der Waals surface area contributed by atoms with Gasteiger partial charge in [-0.2, -0.15) is 0 Å². The third-order valence-electron chi connectivity index (χ3n) is 4.68. The molecule has 3 rings (SSSR count). The van der Waals surface area contributed by atoms with Crippen molar-refractivity contribution in [3.05, 3.63) is 82.9 Å². The van der Waals surface area contributed by atoms with E-state index in [1.165, 1.54) is 6.92 Å². The van der Waals surface area contributed by atoms with Crippen molar-refractivity contribution in [1.29, 1.82) is 0 Å². The molecular weight excluding hydrogens is 364 g/mol. The lowest BCUT2D eigenvalue weighted by atomic mass is 9.94. The van der Waals surface area contributed by atoms with Crippen LogP contribution in [0.2, 0.25) is 0 Å². The molecule has 0 heterocycles. The lowest BCUT2D eigenvalue weighted by Gasteiger charge is -2.15. The molecule has 0 aliphatic heterocycles. The minimum Gasteiger partial charge on any atom is -0.489 e. The molecule has 3 aromatic carbocycles. The number of ketones is 1. The summed E-state index contributed by atoms with van der Waals surface area (Å²) in [5.41, 5.74) is 6.41. The minimum absolute atomic E-state index is 0.00286. The first-order valence-corrected chi connectivity index (χ1v) is 9.61. The normalized spacial score (nSPS) is 10.6. The highest BCUT2D eigenvalue weighted by Gasteiger charge is 2.10. The van der Waals surface area contributed by atoms with Gasteiger partial charge in [0.1, 0.15) is 24.7 Å². The van der Waals surface area contributed by atoms with Gasteiger partial charge in [-0.1, -0.05) is 30.3 Å². The van der Waals surface area contributed by atoms with E-state index in [1.54, 1.807) is 0 Å². The van der Waals surface area contributed by atoms with Crippen molar-refractivity contribution in [2.24, 2.45) is 0 Å². The van der Waals surface area contributed by atoms with E-state index in [9.17, 15) is 4.79 Å². The summed E-state index contributed by atoms with van der Waals surface area (Å²) in [4.78, 5) is 11.2. The van der Waals surface area contributed by atoms with E-state index in [0.29, 0.717) is 12.4 Å². The summed E-state index contributed by atoms with van der Waals surface area (Å²) in [6.07, 6.45) is 0. The van der Waals surface area contributed by atoms with Crippen LogP contribution in [0.3, 0.4) is 0 Å². The molecule has 0 aliphatic carbocycles. The maximum atomic E-state index is 11.2. The highest BCUT2D eigenvalue weighted by molar-refractivity contribution is 5.77. The largest absolute Gasteiger partial charge is 0.489 e. The van der Waals surface area contributed by atoms with Crippen molar-refractivity contribution in [3.63, 3.8) is 0 Å². The zero-order valence-corrected chi connectivity index (χ0v) is 17.1. The molecule has 0 amide bonds. The first-order valence-electron chi connectivity index (χ1n) is 9.61. The van der Waals surface area contributed by atoms with Gasteiger partial charge in [-0.3, -0.25) is 4.79 Å². The predicted molar refractivity (Wildman–Crippen MR) is 114 cm³/mol. The Hall–Kier alpha value is -3.11. The van der Waals surface area contributed by atoms with Gasteiger partial charge >= 0.3 is 0 Å². The Bertz CT molecular complexity index is 967. The van der Waals surface area contributed by atoms with Crippen molar-refractivity contribution in [2.45, 2.75) is 34.0 Å². The van der Waals surface area contributed by atoms with Gasteiger partial charge < -0.3 is 14.6 Å². The van der Waals surface area contributed by atoms with Crippen LogP contribution in [0, 0.1) is 13.8 Å². The van der Waals surface area contributed by atoms with Gasteiger partial charge in [0.15, 0.2) is 5.78 Å². The third-order valence-corrected chi connectivity index (χ3v) is 4.68. The molecule has 4 nitrogen and oxygen atoms in total. The van der Waals surface area contributed by atoms with Crippen molar-refractivity contribution < 1.29 is 19.4 Å². The fourth-order valence-electron chi connectivity index (χ4n) is 3.32. The highest BCUT2D eigenvalue weighted by Crippen LogP contribution is 2.31. The molecule has 0 saturated carbocycles. The molecule has 0 saturated heterocycles. The Kier molecular flexibility index (Phi) is 6.68. The van der Waals surface area contributed by atoms with Crippen LogP contribution in [0.15, 0.2) is 60.7 Å². The lowest BCUT2D eigenvalue weighted by Crippen LogP contribution is -2.07. The zero-order chi connectivity index (χ0) is 20.8. The van der Waals surface area contributed by atoms with Crippen LogP contribution in [0.5, 0.6) is 11.5 Å². The summed E-state index contributed by atoms with van der Waals surface area (Å²) >= 11 is 0. The molecule has 29 heavy (non-hydrogen) atoms. The van der Waals surface area contributed by atoms with Crippen LogP contribution in [0.25, 0.3) is 11.1 Å². The average Bonchev–Trinajstić information content (AvgIpc) is 2.71. The number of rotatable bonds is 8. The maximum absolute atomic E-state index is 11.2. The Morgan fingerprint density at radius 1 is 0.862 bits per heavy atom. The van der Waals surface area contributed by atoms with Crippen molar-refractivity contribution in [3.8, 4) is 22.6 Å². The monoisotopic (exact) mass is 390 g/mol. The smallest absolute Gasteiger partial charge is 0.167 e. The molecule has 0 radical (unpaired) electrons. The van der Waals surface area contributed by atoms with E-state index >= 15 is 0 Å². The topological polar surface area (TPSA) is 55.8 Å². The lowest BCUT2D eigenvalue weighted by molar-refractivity contribution is -0.118. The number of carbonyl (C=O) groups is 1. The quantitative estimate of drug-likeness (QED) is 0.587. The molecule has 4 heteroatoms. The molecule has 0 aromatic heterocycles. The second-order valence-electron chi connectivity index (χ2n) is 7.21. The third kappa shape index (κ3) is 5.46. The molecule has 0 unspecified atom stereocenters. The SMILES string of the molecule is CC(=O)COc1cc(C)c(-c2cccc(COc3ccc(CO)cc3)c2)c(C)c1. The summed E-state index contributed by atoms with van der Waals surface area (Å²) in [5.74, 6) is 1.49. The molecule has 0 atom stereocenters. The highest BCUT2D eigenvalue weighted by atomic mass is 16.5. The van der Waals surface area contributed by atoms with E-state index in [1.807, 2.05) is 48.5 Å². The van der Waals surface area contributed by atoms with Gasteiger partial charge in [-0.25, -0.2) is 0 Å². The van der Waals surface area contributed by atoms with Gasteiger partial charge in [-0.15, -0.1) is 0 Å². The van der Waals surface area contributed by atoms with Crippen molar-refractivity contribution >= 4 is 5.78 Å². The summed E-state index contributed by atoms with van der Waals surface area (Å²) in [5, 5.41) is 9.13. The van der Waals surface area contributed by atoms with Gasteiger partial charge in [0, 0.05) is 0 Å². The molecule has 150 valence electrons. The Morgan fingerprint density at radius 3 is 2.17 bits per heavy atom. The second-order valence-corrected chi connectivity index (χ2v) is 7.21. The van der Waals surface area contributed by atoms with Gasteiger partial charge in [0.05, 0.1) is 6.61 Å². The molecule has 0 aliphatic rings.